The highest BCUT2D eigenvalue weighted by atomic mass is 79.9. The molecule has 0 aliphatic rings. The van der Waals surface area contributed by atoms with E-state index >= 15 is 0 Å². The van der Waals surface area contributed by atoms with Crippen molar-refractivity contribution in [3.05, 3.63) is 40.5 Å². The minimum atomic E-state index is -0.554. The molecule has 0 radical (unpaired) electrons. The number of aromatic nitrogens is 2. The lowest BCUT2D eigenvalue weighted by molar-refractivity contribution is 0.0513. The molecule has 0 atom stereocenters. The number of benzene rings is 1. The molecule has 0 bridgehead atoms. The van der Waals surface area contributed by atoms with Gasteiger partial charge in [0.1, 0.15) is 5.82 Å². The number of hydrogen-bond acceptors (Lipinski definition) is 3. The lowest BCUT2D eigenvalue weighted by Crippen LogP contribution is -2.06. The Bertz CT molecular complexity index is 583. The molecule has 2 rings (SSSR count). The number of carbonyl (C=O) groups excluding carboxylic acids is 1. The molecule has 0 amide bonds. The molecule has 1 N–H and O–H groups in total. The van der Waals surface area contributed by atoms with Gasteiger partial charge in [-0.3, -0.25) is 0 Å². The summed E-state index contributed by atoms with van der Waals surface area (Å²) in [6.45, 7) is 1.97. The van der Waals surface area contributed by atoms with E-state index in [0.717, 1.165) is 0 Å². The molecule has 6 heteroatoms. The summed E-state index contributed by atoms with van der Waals surface area (Å²) in [5.74, 6) is -0.901. The zero-order valence-electron chi connectivity index (χ0n) is 9.54. The van der Waals surface area contributed by atoms with Crippen LogP contribution >= 0.6 is 15.9 Å². The number of halogens is 2. The topological polar surface area (TPSA) is 55.0 Å². The third-order valence-electron chi connectivity index (χ3n) is 2.25. The highest BCUT2D eigenvalue weighted by Crippen LogP contribution is 2.24. The lowest BCUT2D eigenvalue weighted by Gasteiger charge is -1.99. The number of nitrogens with zero attached hydrogens (tertiary/aromatic N) is 1. The van der Waals surface area contributed by atoms with Crippen LogP contribution in [0.3, 0.4) is 0 Å². The van der Waals surface area contributed by atoms with E-state index in [1.54, 1.807) is 19.1 Å². The Labute approximate surface area is 111 Å². The van der Waals surface area contributed by atoms with E-state index in [2.05, 4.69) is 25.9 Å². The standard InChI is InChI=1S/C12H10BrFN2O2/c1-2-18-12(17)11-15-6-10(16-11)8-4-3-7(13)5-9(8)14/h3-6H,2H2,1H3,(H,15,16). The summed E-state index contributed by atoms with van der Waals surface area (Å²) in [5, 5.41) is 0. The van der Waals surface area contributed by atoms with E-state index in [1.807, 2.05) is 0 Å². The Kier molecular flexibility index (Phi) is 3.76. The van der Waals surface area contributed by atoms with Gasteiger partial charge in [-0.1, -0.05) is 15.9 Å². The van der Waals surface area contributed by atoms with Crippen LogP contribution in [-0.4, -0.2) is 22.5 Å². The molecule has 0 fully saturated rings. The number of ether oxygens (including phenoxy) is 1. The van der Waals surface area contributed by atoms with E-state index in [9.17, 15) is 9.18 Å². The number of esters is 1. The van der Waals surface area contributed by atoms with Gasteiger partial charge in [0.15, 0.2) is 0 Å². The summed E-state index contributed by atoms with van der Waals surface area (Å²) in [5.41, 5.74) is 0.688. The number of rotatable bonds is 3. The molecule has 0 aliphatic carbocycles. The fourth-order valence-corrected chi connectivity index (χ4v) is 1.79. The number of imidazole rings is 1. The predicted octanol–water partition coefficient (Wildman–Crippen LogP) is 3.16. The van der Waals surface area contributed by atoms with Crippen LogP contribution in [0.1, 0.15) is 17.5 Å². The third-order valence-corrected chi connectivity index (χ3v) is 2.75. The van der Waals surface area contributed by atoms with Crippen molar-refractivity contribution in [2.24, 2.45) is 0 Å². The van der Waals surface area contributed by atoms with Gasteiger partial charge < -0.3 is 9.72 Å². The first-order chi connectivity index (χ1) is 8.61. The Morgan fingerprint density at radius 2 is 2.33 bits per heavy atom. The molecule has 2 aromatic rings. The summed E-state index contributed by atoms with van der Waals surface area (Å²) in [6, 6.07) is 4.63. The van der Waals surface area contributed by atoms with Gasteiger partial charge in [-0.15, -0.1) is 0 Å². The van der Waals surface area contributed by atoms with Gasteiger partial charge in [0.05, 0.1) is 12.3 Å². The van der Waals surface area contributed by atoms with Crippen molar-refractivity contribution in [2.75, 3.05) is 6.61 Å². The number of aromatic amines is 1. The fraction of sp³-hybridized carbons (Fsp3) is 0.167. The zero-order chi connectivity index (χ0) is 13.1. The molecule has 94 valence electrons. The van der Waals surface area contributed by atoms with E-state index in [0.29, 0.717) is 15.7 Å². The smallest absolute Gasteiger partial charge is 0.374 e. The molecule has 18 heavy (non-hydrogen) atoms. The second-order valence-electron chi connectivity index (χ2n) is 3.48. The van der Waals surface area contributed by atoms with Gasteiger partial charge >= 0.3 is 5.97 Å². The lowest BCUT2D eigenvalue weighted by atomic mass is 10.1. The molecular weight excluding hydrogens is 303 g/mol. The Morgan fingerprint density at radius 3 is 3.00 bits per heavy atom. The first-order valence-electron chi connectivity index (χ1n) is 5.29. The van der Waals surface area contributed by atoms with Gasteiger partial charge in [-0.05, 0) is 25.1 Å². The van der Waals surface area contributed by atoms with Crippen LogP contribution in [-0.2, 0) is 4.74 Å². The van der Waals surface area contributed by atoms with E-state index in [1.165, 1.54) is 12.3 Å². The highest BCUT2D eigenvalue weighted by Gasteiger charge is 2.14. The average molecular weight is 313 g/mol. The molecular formula is C12H10BrFN2O2. The van der Waals surface area contributed by atoms with Gasteiger partial charge in [0.25, 0.3) is 0 Å². The monoisotopic (exact) mass is 312 g/mol. The average Bonchev–Trinajstić information content (AvgIpc) is 2.78. The maximum Gasteiger partial charge on any atom is 0.374 e. The first-order valence-corrected chi connectivity index (χ1v) is 6.09. The van der Waals surface area contributed by atoms with Crippen molar-refractivity contribution < 1.29 is 13.9 Å². The van der Waals surface area contributed by atoms with E-state index in [-0.39, 0.29) is 12.4 Å². The fourth-order valence-electron chi connectivity index (χ4n) is 1.46. The van der Waals surface area contributed by atoms with Crippen molar-refractivity contribution >= 4 is 21.9 Å². The maximum absolute atomic E-state index is 13.7. The van der Waals surface area contributed by atoms with Crippen molar-refractivity contribution in [1.29, 1.82) is 0 Å². The number of nitrogens with one attached hydrogen (secondary N) is 1. The van der Waals surface area contributed by atoms with Crippen molar-refractivity contribution in [1.82, 2.24) is 9.97 Å². The minimum absolute atomic E-state index is 0.0640. The molecule has 4 nitrogen and oxygen atoms in total. The van der Waals surface area contributed by atoms with E-state index < -0.39 is 11.8 Å². The van der Waals surface area contributed by atoms with Crippen LogP contribution in [0.25, 0.3) is 11.3 Å². The Morgan fingerprint density at radius 1 is 1.56 bits per heavy atom. The van der Waals surface area contributed by atoms with Gasteiger partial charge in [0, 0.05) is 16.2 Å². The summed E-state index contributed by atoms with van der Waals surface area (Å²) in [6.07, 6.45) is 1.47. The first kappa shape index (κ1) is 12.8. The number of H-pyrrole nitrogens is 1. The van der Waals surface area contributed by atoms with Crippen LogP contribution in [0.4, 0.5) is 4.39 Å². The molecule has 0 spiro atoms. The second-order valence-corrected chi connectivity index (χ2v) is 4.39. The van der Waals surface area contributed by atoms with Crippen LogP contribution in [0.5, 0.6) is 0 Å². The van der Waals surface area contributed by atoms with Crippen molar-refractivity contribution in [2.45, 2.75) is 6.92 Å². The van der Waals surface area contributed by atoms with Crippen LogP contribution in [0.2, 0.25) is 0 Å². The summed E-state index contributed by atoms with van der Waals surface area (Å²) in [7, 11) is 0. The van der Waals surface area contributed by atoms with Crippen LogP contribution in [0.15, 0.2) is 28.9 Å². The highest BCUT2D eigenvalue weighted by molar-refractivity contribution is 9.10. The quantitative estimate of drug-likeness (QED) is 0.886. The van der Waals surface area contributed by atoms with Crippen LogP contribution in [0, 0.1) is 5.82 Å². The molecule has 1 aromatic carbocycles. The summed E-state index contributed by atoms with van der Waals surface area (Å²) in [4.78, 5) is 18.1. The molecule has 0 aliphatic heterocycles. The molecule has 0 saturated carbocycles. The molecule has 1 heterocycles. The normalized spacial score (nSPS) is 10.4. The Balaban J connectivity index is 2.32. The Hall–Kier alpha value is -1.69. The molecule has 0 unspecified atom stereocenters. The third kappa shape index (κ3) is 2.59. The van der Waals surface area contributed by atoms with Crippen molar-refractivity contribution in [3.63, 3.8) is 0 Å². The molecule has 1 aromatic heterocycles. The number of carbonyl (C=O) groups is 1. The van der Waals surface area contributed by atoms with Gasteiger partial charge in [0.2, 0.25) is 5.82 Å². The van der Waals surface area contributed by atoms with Gasteiger partial charge in [-0.25, -0.2) is 14.2 Å². The summed E-state index contributed by atoms with van der Waals surface area (Å²) < 4.78 is 19.1. The minimum Gasteiger partial charge on any atom is -0.460 e. The summed E-state index contributed by atoms with van der Waals surface area (Å²) >= 11 is 3.18. The number of hydrogen-bond donors (Lipinski definition) is 1. The maximum atomic E-state index is 13.7. The second kappa shape index (κ2) is 5.30. The molecule has 0 saturated heterocycles. The van der Waals surface area contributed by atoms with E-state index in [4.69, 9.17) is 4.74 Å². The predicted molar refractivity (Wildman–Crippen MR) is 67.6 cm³/mol. The zero-order valence-corrected chi connectivity index (χ0v) is 11.1. The largest absolute Gasteiger partial charge is 0.460 e. The van der Waals surface area contributed by atoms with Gasteiger partial charge in [-0.2, -0.15) is 0 Å². The van der Waals surface area contributed by atoms with Crippen molar-refractivity contribution in [3.8, 4) is 11.3 Å². The van der Waals surface area contributed by atoms with Crippen LogP contribution < -0.4 is 0 Å². The SMILES string of the molecule is CCOC(=O)c1nc(-c2ccc(Br)cc2F)c[nH]1.